The van der Waals surface area contributed by atoms with Crippen molar-refractivity contribution in [2.75, 3.05) is 11.9 Å². The molecule has 0 aliphatic rings. The van der Waals surface area contributed by atoms with E-state index in [0.29, 0.717) is 5.69 Å². The summed E-state index contributed by atoms with van der Waals surface area (Å²) in [7, 11) is 0. The number of esters is 4. The van der Waals surface area contributed by atoms with Crippen molar-refractivity contribution in [3.63, 3.8) is 0 Å². The molecular formula is C19H22BrNO9. The monoisotopic (exact) mass is 487 g/mol. The van der Waals surface area contributed by atoms with Gasteiger partial charge in [-0.25, -0.2) is 0 Å². The molecule has 11 heteroatoms. The van der Waals surface area contributed by atoms with Crippen LogP contribution in [0.1, 0.15) is 27.7 Å². The molecule has 0 heterocycles. The molecule has 0 aromatic heterocycles. The quantitative estimate of drug-likeness (QED) is 0.408. The third-order valence-electron chi connectivity index (χ3n) is 3.40. The molecule has 0 aliphatic heterocycles. The molecule has 10 nitrogen and oxygen atoms in total. The van der Waals surface area contributed by atoms with Crippen LogP contribution in [0.3, 0.4) is 0 Å². The molecule has 164 valence electrons. The van der Waals surface area contributed by atoms with E-state index in [-0.39, 0.29) is 0 Å². The van der Waals surface area contributed by atoms with Crippen molar-refractivity contribution in [3.8, 4) is 0 Å². The number of carbonyl (C=O) groups is 5. The largest absolute Gasteiger partial charge is 0.462 e. The minimum atomic E-state index is -1.70. The van der Waals surface area contributed by atoms with Gasteiger partial charge in [-0.2, -0.15) is 0 Å². The first-order valence-electron chi connectivity index (χ1n) is 8.71. The minimum Gasteiger partial charge on any atom is -0.462 e. The molecule has 1 aromatic rings. The van der Waals surface area contributed by atoms with Crippen molar-refractivity contribution >= 4 is 51.4 Å². The van der Waals surface area contributed by atoms with Crippen molar-refractivity contribution in [3.05, 3.63) is 28.7 Å². The average molecular weight is 488 g/mol. The number of halogens is 1. The van der Waals surface area contributed by atoms with E-state index in [9.17, 15) is 24.0 Å². The van der Waals surface area contributed by atoms with Crippen LogP contribution in [0.5, 0.6) is 0 Å². The molecule has 0 aliphatic carbocycles. The Morgan fingerprint density at radius 1 is 0.833 bits per heavy atom. The van der Waals surface area contributed by atoms with E-state index in [1.807, 2.05) is 0 Å². The van der Waals surface area contributed by atoms with Gasteiger partial charge in [0, 0.05) is 37.9 Å². The van der Waals surface area contributed by atoms with Gasteiger partial charge in [-0.15, -0.1) is 0 Å². The van der Waals surface area contributed by atoms with Gasteiger partial charge in [-0.3, -0.25) is 24.0 Å². The number of ether oxygens (including phenoxy) is 4. The second-order valence-electron chi connectivity index (χ2n) is 6.05. The standard InChI is InChI=1S/C19H22BrNO9/c1-10(22)27-9-16(28-11(2)23)17(29-12(3)24)18(30-13(4)25)19(26)21-15-7-5-14(20)6-8-15/h5-8,16-18H,9H2,1-4H3,(H,21,26)/t16-,17-,18-/m0/s1. The first-order valence-corrected chi connectivity index (χ1v) is 9.50. The summed E-state index contributed by atoms with van der Waals surface area (Å²) in [4.78, 5) is 58.8. The number of anilines is 1. The van der Waals surface area contributed by atoms with Gasteiger partial charge in [0.05, 0.1) is 0 Å². The number of hydrogen-bond acceptors (Lipinski definition) is 9. The first-order chi connectivity index (χ1) is 14.0. The number of rotatable bonds is 9. The van der Waals surface area contributed by atoms with Crippen LogP contribution < -0.4 is 5.32 Å². The van der Waals surface area contributed by atoms with Crippen molar-refractivity contribution in [2.45, 2.75) is 46.0 Å². The van der Waals surface area contributed by atoms with Crippen molar-refractivity contribution < 1.29 is 42.9 Å². The van der Waals surface area contributed by atoms with E-state index in [0.717, 1.165) is 32.2 Å². The maximum atomic E-state index is 12.8. The molecular weight excluding hydrogens is 466 g/mol. The van der Waals surface area contributed by atoms with E-state index in [4.69, 9.17) is 18.9 Å². The Labute approximate surface area is 181 Å². The van der Waals surface area contributed by atoms with Crippen LogP contribution in [0.2, 0.25) is 0 Å². The molecule has 1 amide bonds. The van der Waals surface area contributed by atoms with Gasteiger partial charge >= 0.3 is 23.9 Å². The third kappa shape index (κ3) is 9.03. The highest BCUT2D eigenvalue weighted by Crippen LogP contribution is 2.19. The fourth-order valence-electron chi connectivity index (χ4n) is 2.33. The van der Waals surface area contributed by atoms with Crippen molar-refractivity contribution in [2.24, 2.45) is 0 Å². The lowest BCUT2D eigenvalue weighted by atomic mass is 10.1. The van der Waals surface area contributed by atoms with Gasteiger partial charge in [0.2, 0.25) is 6.10 Å². The highest BCUT2D eigenvalue weighted by Gasteiger charge is 2.42. The summed E-state index contributed by atoms with van der Waals surface area (Å²) >= 11 is 3.27. The van der Waals surface area contributed by atoms with Crippen LogP contribution in [-0.2, 0) is 42.9 Å². The Kier molecular flexibility index (Phi) is 9.96. The van der Waals surface area contributed by atoms with E-state index in [1.165, 1.54) is 0 Å². The fourth-order valence-corrected chi connectivity index (χ4v) is 2.59. The zero-order valence-corrected chi connectivity index (χ0v) is 18.4. The Bertz CT molecular complexity index is 794. The maximum Gasteiger partial charge on any atom is 0.303 e. The molecule has 0 unspecified atom stereocenters. The summed E-state index contributed by atoms with van der Waals surface area (Å²) in [6, 6.07) is 6.50. The zero-order valence-electron chi connectivity index (χ0n) is 16.8. The lowest BCUT2D eigenvalue weighted by Gasteiger charge is -2.30. The first kappa shape index (κ1) is 25.1. The second kappa shape index (κ2) is 11.9. The molecule has 0 saturated carbocycles. The topological polar surface area (TPSA) is 134 Å². The minimum absolute atomic E-state index is 0.367. The summed E-state index contributed by atoms with van der Waals surface area (Å²) in [6.07, 6.45) is -4.68. The van der Waals surface area contributed by atoms with Crippen molar-refractivity contribution in [1.82, 2.24) is 0 Å². The highest BCUT2D eigenvalue weighted by atomic mass is 79.9. The molecule has 0 bridgehead atoms. The fraction of sp³-hybridized carbons (Fsp3) is 0.421. The summed E-state index contributed by atoms with van der Waals surface area (Å²) in [5.74, 6) is -4.03. The molecule has 3 atom stereocenters. The smallest absolute Gasteiger partial charge is 0.303 e. The lowest BCUT2D eigenvalue weighted by Crippen LogP contribution is -2.52. The molecule has 1 aromatic carbocycles. The predicted molar refractivity (Wildman–Crippen MR) is 106 cm³/mol. The number of nitrogens with one attached hydrogen (secondary N) is 1. The Morgan fingerprint density at radius 2 is 1.37 bits per heavy atom. The number of benzene rings is 1. The van der Waals surface area contributed by atoms with Gasteiger partial charge in [-0.05, 0) is 24.3 Å². The maximum absolute atomic E-state index is 12.8. The predicted octanol–water partition coefficient (Wildman–Crippen LogP) is 1.75. The van der Waals surface area contributed by atoms with E-state index < -0.39 is 54.7 Å². The van der Waals surface area contributed by atoms with Crippen LogP contribution in [0, 0.1) is 0 Å². The summed E-state index contributed by atoms with van der Waals surface area (Å²) in [5.41, 5.74) is 0.367. The number of carbonyl (C=O) groups excluding carboxylic acids is 5. The van der Waals surface area contributed by atoms with Gasteiger partial charge in [-0.1, -0.05) is 15.9 Å². The van der Waals surface area contributed by atoms with Crippen LogP contribution in [-0.4, -0.2) is 54.7 Å². The number of amides is 1. The van der Waals surface area contributed by atoms with Crippen LogP contribution in [0.25, 0.3) is 0 Å². The average Bonchev–Trinajstić information content (AvgIpc) is 2.62. The molecule has 0 saturated heterocycles. The SMILES string of the molecule is CC(=O)OC[C@H](OC(C)=O)[C@H](OC(C)=O)[C@H](OC(C)=O)C(=O)Nc1ccc(Br)cc1. The Hall–Kier alpha value is -2.95. The second-order valence-corrected chi connectivity index (χ2v) is 6.97. The Morgan fingerprint density at radius 3 is 1.83 bits per heavy atom. The van der Waals surface area contributed by atoms with E-state index in [1.54, 1.807) is 24.3 Å². The Balaban J connectivity index is 3.25. The van der Waals surface area contributed by atoms with Gasteiger partial charge in [0.25, 0.3) is 5.91 Å². The van der Waals surface area contributed by atoms with Crippen molar-refractivity contribution in [1.29, 1.82) is 0 Å². The summed E-state index contributed by atoms with van der Waals surface area (Å²) in [6.45, 7) is 3.78. The molecule has 0 fully saturated rings. The molecule has 0 spiro atoms. The highest BCUT2D eigenvalue weighted by molar-refractivity contribution is 9.10. The normalized spacial score (nSPS) is 13.2. The van der Waals surface area contributed by atoms with Gasteiger partial charge in [0.15, 0.2) is 12.2 Å². The lowest BCUT2D eigenvalue weighted by molar-refractivity contribution is -0.190. The summed E-state index contributed by atoms with van der Waals surface area (Å²) < 4.78 is 20.9. The van der Waals surface area contributed by atoms with E-state index in [2.05, 4.69) is 21.2 Å². The van der Waals surface area contributed by atoms with Crippen LogP contribution >= 0.6 is 15.9 Å². The third-order valence-corrected chi connectivity index (χ3v) is 3.93. The van der Waals surface area contributed by atoms with Crippen LogP contribution in [0.4, 0.5) is 5.69 Å². The molecule has 1 N–H and O–H groups in total. The van der Waals surface area contributed by atoms with E-state index >= 15 is 0 Å². The van der Waals surface area contributed by atoms with Crippen LogP contribution in [0.15, 0.2) is 28.7 Å². The summed E-state index contributed by atoms with van der Waals surface area (Å²) in [5, 5.41) is 2.52. The molecule has 1 rings (SSSR count). The zero-order chi connectivity index (χ0) is 22.8. The molecule has 30 heavy (non-hydrogen) atoms. The number of hydrogen-bond donors (Lipinski definition) is 1. The van der Waals surface area contributed by atoms with Gasteiger partial charge < -0.3 is 24.3 Å². The molecule has 0 radical (unpaired) electrons. The van der Waals surface area contributed by atoms with Gasteiger partial charge in [0.1, 0.15) is 6.61 Å².